The molecule has 158 valence electrons. The van der Waals surface area contributed by atoms with Crippen LogP contribution in [0.1, 0.15) is 48.4 Å². The normalized spacial score (nSPS) is 14.5. The van der Waals surface area contributed by atoms with Gasteiger partial charge in [0.1, 0.15) is 17.0 Å². The van der Waals surface area contributed by atoms with Gasteiger partial charge in [-0.05, 0) is 30.1 Å². The summed E-state index contributed by atoms with van der Waals surface area (Å²) < 4.78 is 16.0. The number of carbonyl (C=O) groups is 2. The van der Waals surface area contributed by atoms with Gasteiger partial charge in [0.15, 0.2) is 0 Å². The van der Waals surface area contributed by atoms with Crippen LogP contribution < -0.4 is 10.1 Å². The number of aromatic nitrogens is 1. The number of fused-ring (bicyclic) bond motifs is 1. The molecule has 2 aromatic heterocycles. The number of ether oxygens (including phenoxy) is 1. The predicted octanol–water partition coefficient (Wildman–Crippen LogP) is 4.02. The molecule has 0 radical (unpaired) electrons. The molecule has 1 aromatic carbocycles. The number of para-hydroxylation sites is 1. The molecule has 0 bridgehead atoms. The molecule has 1 fully saturated rings. The quantitative estimate of drug-likeness (QED) is 0.658. The highest BCUT2D eigenvalue weighted by Crippen LogP contribution is 2.32. The van der Waals surface area contributed by atoms with Crippen LogP contribution in [-0.4, -0.2) is 42.1 Å². The molecule has 0 unspecified atom stereocenters. The third-order valence-corrected chi connectivity index (χ3v) is 5.29. The summed E-state index contributed by atoms with van der Waals surface area (Å²) in [4.78, 5) is 27.6. The summed E-state index contributed by atoms with van der Waals surface area (Å²) in [6.07, 6.45) is 4.76. The third-order valence-electron chi connectivity index (χ3n) is 5.29. The molecule has 3 heterocycles. The Morgan fingerprint density at radius 2 is 1.93 bits per heavy atom. The second-order valence-corrected chi connectivity index (χ2v) is 7.39. The zero-order valence-corrected chi connectivity index (χ0v) is 17.0. The Hall–Kier alpha value is -3.29. The zero-order valence-electron chi connectivity index (χ0n) is 17.0. The Bertz CT molecular complexity index is 1030. The van der Waals surface area contributed by atoms with Crippen LogP contribution in [0.25, 0.3) is 11.0 Å². The molecule has 2 amide bonds. The van der Waals surface area contributed by atoms with E-state index in [1.54, 1.807) is 12.1 Å². The minimum absolute atomic E-state index is 0.176. The molecule has 1 aliphatic heterocycles. The van der Waals surface area contributed by atoms with E-state index in [2.05, 4.69) is 10.5 Å². The average Bonchev–Trinajstić information content (AvgIpc) is 3.27. The van der Waals surface area contributed by atoms with Crippen LogP contribution in [0.5, 0.6) is 5.88 Å². The topological polar surface area (TPSA) is 97.8 Å². The summed E-state index contributed by atoms with van der Waals surface area (Å²) in [5.74, 6) is 0.703. The van der Waals surface area contributed by atoms with Gasteiger partial charge < -0.3 is 23.9 Å². The Balaban J connectivity index is 1.53. The number of carbonyl (C=O) groups excluding carboxylic acids is 2. The van der Waals surface area contributed by atoms with Gasteiger partial charge in [0.05, 0.1) is 7.11 Å². The van der Waals surface area contributed by atoms with Gasteiger partial charge in [-0.2, -0.15) is 0 Å². The number of rotatable bonds is 6. The van der Waals surface area contributed by atoms with E-state index in [0.717, 1.165) is 25.7 Å². The fraction of sp³-hybridized carbons (Fsp3) is 0.409. The molecule has 0 aliphatic carbocycles. The molecule has 0 spiro atoms. The molecular weight excluding hydrogens is 386 g/mol. The summed E-state index contributed by atoms with van der Waals surface area (Å²) in [6.45, 7) is 1.41. The van der Waals surface area contributed by atoms with Gasteiger partial charge in [0, 0.05) is 37.4 Å². The summed E-state index contributed by atoms with van der Waals surface area (Å²) in [6, 6.07) is 8.98. The fourth-order valence-corrected chi connectivity index (χ4v) is 3.68. The maximum absolute atomic E-state index is 13.2. The van der Waals surface area contributed by atoms with E-state index in [-0.39, 0.29) is 24.0 Å². The van der Waals surface area contributed by atoms with Crippen LogP contribution in [-0.2, 0) is 11.2 Å². The summed E-state index contributed by atoms with van der Waals surface area (Å²) in [5, 5.41) is 7.33. The number of nitrogens with zero attached hydrogens (tertiary/aromatic N) is 2. The first-order valence-electron chi connectivity index (χ1n) is 10.3. The van der Waals surface area contributed by atoms with Crippen molar-refractivity contribution in [3.05, 3.63) is 41.9 Å². The molecule has 4 rings (SSSR count). The minimum Gasteiger partial charge on any atom is -0.479 e. The molecule has 1 aliphatic rings. The van der Waals surface area contributed by atoms with Gasteiger partial charge in [-0.3, -0.25) is 9.59 Å². The number of hydrogen-bond acceptors (Lipinski definition) is 6. The number of benzene rings is 1. The molecule has 0 atom stereocenters. The highest BCUT2D eigenvalue weighted by atomic mass is 16.5. The third kappa shape index (κ3) is 4.32. The van der Waals surface area contributed by atoms with Crippen molar-refractivity contribution in [2.24, 2.45) is 0 Å². The van der Waals surface area contributed by atoms with Crippen molar-refractivity contribution in [2.45, 2.75) is 38.5 Å². The van der Waals surface area contributed by atoms with E-state index in [0.29, 0.717) is 47.8 Å². The standard InChI is InChI=1S/C22H25N3O5/c1-28-19-14-15(30-24-19)10-11-18(26)23-20-16-8-4-5-9-17(16)29-21(20)22(27)25-12-6-2-3-7-13-25/h4-5,8-9,14H,2-3,6-7,10-13H2,1H3,(H,23,26). The largest absolute Gasteiger partial charge is 0.479 e. The maximum atomic E-state index is 13.2. The van der Waals surface area contributed by atoms with Crippen LogP contribution >= 0.6 is 0 Å². The Kier molecular flexibility index (Phi) is 6.02. The fourth-order valence-electron chi connectivity index (χ4n) is 3.68. The lowest BCUT2D eigenvalue weighted by Crippen LogP contribution is -2.32. The lowest BCUT2D eigenvalue weighted by atomic mass is 10.2. The van der Waals surface area contributed by atoms with Crippen molar-refractivity contribution in [1.82, 2.24) is 10.1 Å². The number of furan rings is 1. The number of aryl methyl sites for hydroxylation is 1. The minimum atomic E-state index is -0.234. The van der Waals surface area contributed by atoms with Crippen molar-refractivity contribution in [2.75, 3.05) is 25.5 Å². The van der Waals surface area contributed by atoms with Gasteiger partial charge in [0.2, 0.25) is 11.7 Å². The van der Waals surface area contributed by atoms with E-state index >= 15 is 0 Å². The van der Waals surface area contributed by atoms with Crippen molar-refractivity contribution in [1.29, 1.82) is 0 Å². The van der Waals surface area contributed by atoms with Crippen molar-refractivity contribution in [3.63, 3.8) is 0 Å². The molecule has 0 saturated carbocycles. The second-order valence-electron chi connectivity index (χ2n) is 7.39. The highest BCUT2D eigenvalue weighted by molar-refractivity contribution is 6.10. The van der Waals surface area contributed by atoms with Crippen LogP contribution in [0.2, 0.25) is 0 Å². The Morgan fingerprint density at radius 1 is 1.17 bits per heavy atom. The van der Waals surface area contributed by atoms with Crippen molar-refractivity contribution < 1.29 is 23.3 Å². The molecule has 8 heteroatoms. The predicted molar refractivity (Wildman–Crippen MR) is 111 cm³/mol. The van der Waals surface area contributed by atoms with Crippen molar-refractivity contribution >= 4 is 28.5 Å². The molecule has 30 heavy (non-hydrogen) atoms. The summed E-state index contributed by atoms with van der Waals surface area (Å²) in [5.41, 5.74) is 1.01. The van der Waals surface area contributed by atoms with E-state index in [1.165, 1.54) is 7.11 Å². The number of hydrogen-bond donors (Lipinski definition) is 1. The SMILES string of the molecule is COc1cc(CCC(=O)Nc2c(C(=O)N3CCCCCC3)oc3ccccc23)on1. The summed E-state index contributed by atoms with van der Waals surface area (Å²) >= 11 is 0. The molecule has 1 N–H and O–H groups in total. The number of amides is 2. The smallest absolute Gasteiger partial charge is 0.291 e. The van der Waals surface area contributed by atoms with Gasteiger partial charge in [-0.15, -0.1) is 0 Å². The van der Waals surface area contributed by atoms with Gasteiger partial charge in [0.25, 0.3) is 11.8 Å². The first-order valence-corrected chi connectivity index (χ1v) is 10.3. The average molecular weight is 411 g/mol. The molecule has 8 nitrogen and oxygen atoms in total. The summed E-state index contributed by atoms with van der Waals surface area (Å²) in [7, 11) is 1.50. The number of nitrogens with one attached hydrogen (secondary N) is 1. The van der Waals surface area contributed by atoms with Crippen LogP contribution in [0, 0.1) is 0 Å². The van der Waals surface area contributed by atoms with Crippen molar-refractivity contribution in [3.8, 4) is 5.88 Å². The monoisotopic (exact) mass is 411 g/mol. The van der Waals surface area contributed by atoms with Gasteiger partial charge >= 0.3 is 0 Å². The van der Waals surface area contributed by atoms with Gasteiger partial charge in [-0.25, -0.2) is 0 Å². The van der Waals surface area contributed by atoms with Gasteiger partial charge in [-0.1, -0.05) is 25.0 Å². The number of likely N-dealkylation sites (tertiary alicyclic amines) is 1. The molecule has 3 aromatic rings. The second kappa shape index (κ2) is 9.02. The van der Waals surface area contributed by atoms with E-state index in [1.807, 2.05) is 23.1 Å². The lowest BCUT2D eigenvalue weighted by Gasteiger charge is -2.19. The first-order chi connectivity index (χ1) is 14.7. The van der Waals surface area contributed by atoms with Crippen LogP contribution in [0.15, 0.2) is 39.3 Å². The van der Waals surface area contributed by atoms with E-state index in [4.69, 9.17) is 13.7 Å². The van der Waals surface area contributed by atoms with Crippen LogP contribution in [0.4, 0.5) is 5.69 Å². The first kappa shape index (κ1) is 20.0. The van der Waals surface area contributed by atoms with Crippen LogP contribution in [0.3, 0.4) is 0 Å². The Morgan fingerprint density at radius 3 is 2.67 bits per heavy atom. The van der Waals surface area contributed by atoms with E-state index in [9.17, 15) is 9.59 Å². The van der Waals surface area contributed by atoms with E-state index < -0.39 is 0 Å². The maximum Gasteiger partial charge on any atom is 0.291 e. The molecule has 1 saturated heterocycles. The number of methoxy groups -OCH3 is 1. The zero-order chi connectivity index (χ0) is 20.9. The Labute approximate surface area is 174 Å². The highest BCUT2D eigenvalue weighted by Gasteiger charge is 2.27. The molecular formula is C22H25N3O5. The lowest BCUT2D eigenvalue weighted by molar-refractivity contribution is -0.116. The number of anilines is 1.